The summed E-state index contributed by atoms with van der Waals surface area (Å²) in [6.07, 6.45) is 0. The van der Waals surface area contributed by atoms with Gasteiger partial charge in [-0.3, -0.25) is 27.4 Å². The Morgan fingerprint density at radius 2 is 0.300 bits per heavy atom. The van der Waals surface area contributed by atoms with Crippen LogP contribution in [0.4, 0.5) is 0 Å². The molecule has 18 aromatic carbocycles. The Morgan fingerprint density at radius 1 is 0.146 bits per heavy atom. The summed E-state index contributed by atoms with van der Waals surface area (Å²) in [6, 6.07) is 158. The quantitative estimate of drug-likeness (QED) is 0.120. The summed E-state index contributed by atoms with van der Waals surface area (Å²) < 4.78 is 13.0. The Hall–Kier alpha value is -18.1. The van der Waals surface area contributed by atoms with Gasteiger partial charge < -0.3 is 0 Å². The number of hydrogen-bond donors (Lipinski definition) is 0. The van der Waals surface area contributed by atoms with E-state index in [1.54, 1.807) is 0 Å². The molecule has 130 heavy (non-hydrogen) atoms. The van der Waals surface area contributed by atoms with Crippen LogP contribution in [0.5, 0.6) is 0 Å². The second kappa shape index (κ2) is 30.4. The summed E-state index contributed by atoms with van der Waals surface area (Å²) in [6.45, 7) is 0. The highest BCUT2D eigenvalue weighted by molar-refractivity contribution is 6.17. The summed E-state index contributed by atoms with van der Waals surface area (Å²) in [4.78, 5) is 22.2. The largest absolute Gasteiger partial charge is 0.292 e. The molecular formula is C118H72N12. The van der Waals surface area contributed by atoms with Gasteiger partial charge in [-0.05, 0) is 176 Å². The normalized spacial score (nSPS) is 11.7. The van der Waals surface area contributed by atoms with Crippen molar-refractivity contribution in [1.82, 2.24) is 47.3 Å². The van der Waals surface area contributed by atoms with E-state index in [1.807, 2.05) is 36.4 Å². The molecule has 0 saturated heterocycles. The first-order valence-electron chi connectivity index (χ1n) is 43.6. The molecule has 26 aromatic rings. The second-order valence-corrected chi connectivity index (χ2v) is 33.0. The Labute approximate surface area is 745 Å². The molecule has 0 aliphatic carbocycles. The third kappa shape index (κ3) is 12.0. The zero-order valence-electron chi connectivity index (χ0n) is 69.9. The highest BCUT2D eigenvalue weighted by Gasteiger charge is 2.31. The fourth-order valence-corrected chi connectivity index (χ4v) is 19.9. The SMILES string of the molecule is N#Cc1c(-n2c3ccc(-c4ccccc4)cc3c3cc(-c4ccccc4)ccc32)nc(-n2c3ccccc3c3ccccc32)nc1-n1c2ccc(-c3ccccc3)cc2c2cc(-c3ccccc3)ccc21.N#Cc1c(-n2c3ccccc3c3cc(-c4ccccc4)ccc32)nc(-n2c3ccccc3c3ccccc32)nc1-n1c2ccccc2c2cc(-c3ccccc3)ccc21. The maximum absolute atomic E-state index is 11.9. The molecule has 0 aliphatic heterocycles. The topological polar surface area (TPSA) is 129 Å². The summed E-state index contributed by atoms with van der Waals surface area (Å²) in [5.41, 5.74) is 25.6. The molecular weight excluding hydrogens is 1590 g/mol. The Morgan fingerprint density at radius 3 is 0.492 bits per heavy atom. The Balaban J connectivity index is 0.000000143. The molecule has 0 aliphatic rings. The van der Waals surface area contributed by atoms with Crippen molar-refractivity contribution in [3.8, 4) is 114 Å². The first-order chi connectivity index (χ1) is 64.4. The van der Waals surface area contributed by atoms with Crippen LogP contribution >= 0.6 is 0 Å². The maximum Gasteiger partial charge on any atom is 0.238 e. The van der Waals surface area contributed by atoms with Crippen molar-refractivity contribution in [3.63, 3.8) is 0 Å². The smallest absolute Gasteiger partial charge is 0.238 e. The number of nitrogens with zero attached hydrogens (tertiary/aromatic N) is 12. The fourth-order valence-electron chi connectivity index (χ4n) is 19.9. The number of benzene rings is 18. The van der Waals surface area contributed by atoms with Gasteiger partial charge in [0.05, 0.1) is 66.2 Å². The van der Waals surface area contributed by atoms with Gasteiger partial charge in [-0.2, -0.15) is 30.5 Å². The maximum atomic E-state index is 11.9. The van der Waals surface area contributed by atoms with Gasteiger partial charge in [0.25, 0.3) is 0 Å². The van der Waals surface area contributed by atoms with E-state index in [0.29, 0.717) is 46.3 Å². The van der Waals surface area contributed by atoms with Crippen LogP contribution in [0.2, 0.25) is 0 Å². The van der Waals surface area contributed by atoms with Crippen molar-refractivity contribution in [2.75, 3.05) is 0 Å². The van der Waals surface area contributed by atoms with E-state index in [-0.39, 0.29) is 0 Å². The molecule has 0 saturated carbocycles. The van der Waals surface area contributed by atoms with Crippen LogP contribution in [0.3, 0.4) is 0 Å². The minimum Gasteiger partial charge on any atom is -0.292 e. The molecule has 0 N–H and O–H groups in total. The van der Waals surface area contributed by atoms with E-state index in [9.17, 15) is 10.5 Å². The first-order valence-corrected chi connectivity index (χ1v) is 43.6. The van der Waals surface area contributed by atoms with Crippen LogP contribution in [0, 0.1) is 22.7 Å². The van der Waals surface area contributed by atoms with Crippen LogP contribution < -0.4 is 0 Å². The van der Waals surface area contributed by atoms with E-state index in [2.05, 4.69) is 440 Å². The molecule has 0 fully saturated rings. The van der Waals surface area contributed by atoms with Crippen LogP contribution in [0.25, 0.3) is 233 Å². The van der Waals surface area contributed by atoms with E-state index in [1.165, 1.54) is 0 Å². The van der Waals surface area contributed by atoms with Crippen molar-refractivity contribution in [2.45, 2.75) is 0 Å². The van der Waals surface area contributed by atoms with Crippen molar-refractivity contribution in [1.29, 1.82) is 10.5 Å². The molecule has 604 valence electrons. The lowest BCUT2D eigenvalue weighted by atomic mass is 10.0. The lowest BCUT2D eigenvalue weighted by Gasteiger charge is -2.17. The minimum absolute atomic E-state index is 0.352. The molecule has 8 aromatic heterocycles. The van der Waals surface area contributed by atoms with Gasteiger partial charge >= 0.3 is 0 Å². The van der Waals surface area contributed by atoms with Gasteiger partial charge in [0, 0.05) is 64.6 Å². The van der Waals surface area contributed by atoms with Gasteiger partial charge in [-0.15, -0.1) is 0 Å². The number of aromatic nitrogens is 10. The molecule has 0 spiro atoms. The number of nitriles is 2. The van der Waals surface area contributed by atoms with Crippen LogP contribution in [0.15, 0.2) is 437 Å². The summed E-state index contributed by atoms with van der Waals surface area (Å²) in [5.74, 6) is 2.95. The lowest BCUT2D eigenvalue weighted by molar-refractivity contribution is 0.910. The monoisotopic (exact) mass is 1660 g/mol. The molecule has 0 amide bonds. The third-order valence-electron chi connectivity index (χ3n) is 25.9. The molecule has 12 nitrogen and oxygen atoms in total. The van der Waals surface area contributed by atoms with Gasteiger partial charge in [-0.1, -0.05) is 328 Å². The average Bonchev–Trinajstić information content (AvgIpc) is 1.55. The van der Waals surface area contributed by atoms with Gasteiger partial charge in [0.2, 0.25) is 11.9 Å². The second-order valence-electron chi connectivity index (χ2n) is 33.0. The number of para-hydroxylation sites is 6. The molecule has 0 bridgehead atoms. The van der Waals surface area contributed by atoms with E-state index >= 15 is 0 Å². The van der Waals surface area contributed by atoms with Crippen LogP contribution in [0.1, 0.15) is 11.1 Å². The van der Waals surface area contributed by atoms with E-state index in [0.717, 1.165) is 198 Å². The third-order valence-corrected chi connectivity index (χ3v) is 25.9. The molecule has 0 unspecified atom stereocenters. The Kier molecular flexibility index (Phi) is 17.4. The Bertz CT molecular complexity index is 8480. The van der Waals surface area contributed by atoms with E-state index < -0.39 is 0 Å². The lowest BCUT2D eigenvalue weighted by Crippen LogP contribution is -2.13. The zero-order chi connectivity index (χ0) is 86.0. The number of fused-ring (bicyclic) bond motifs is 18. The van der Waals surface area contributed by atoms with Crippen molar-refractivity contribution < 1.29 is 0 Å². The first kappa shape index (κ1) is 74.5. The van der Waals surface area contributed by atoms with Crippen LogP contribution in [-0.2, 0) is 0 Å². The molecule has 0 radical (unpaired) electrons. The summed E-state index contributed by atoms with van der Waals surface area (Å²) in [5, 5.41) is 36.3. The summed E-state index contributed by atoms with van der Waals surface area (Å²) in [7, 11) is 0. The standard InChI is InChI=1S/C65H40N6.C53H32N6/c66-41-56-63(69-59-33-29-46(42-17-5-1-6-18-42)37-52(59)53-38-47(30-34-60(53)69)43-19-7-2-8-20-43)67-65(71-57-27-15-13-25-50(57)51-26-14-16-28-58(51)71)68-64(56)70-61-35-31-48(44-21-9-3-10-22-44)39-54(61)55-40-49(32-36-62(55)70)45-23-11-4-12-24-45;54-33-44-51(57-45-23-11-9-21-40(45)42-31-36(27-29-49(42)57)34-15-3-1-4-16-34)55-53(59-47-25-13-7-19-38(47)39-20-8-14-26-48(39)59)56-52(44)58-46-24-12-10-22-41(46)43-32-37(28-30-50(43)58)35-17-5-2-6-18-35/h1-40H;1-32H. The van der Waals surface area contributed by atoms with Crippen molar-refractivity contribution >= 4 is 131 Å². The number of rotatable bonds is 12. The average molecular weight is 1660 g/mol. The van der Waals surface area contributed by atoms with Crippen molar-refractivity contribution in [2.24, 2.45) is 0 Å². The van der Waals surface area contributed by atoms with Gasteiger partial charge in [0.15, 0.2) is 23.3 Å². The van der Waals surface area contributed by atoms with Crippen molar-refractivity contribution in [3.05, 3.63) is 448 Å². The fraction of sp³-hybridized carbons (Fsp3) is 0. The van der Waals surface area contributed by atoms with Crippen LogP contribution in [-0.4, -0.2) is 47.3 Å². The molecule has 26 rings (SSSR count). The predicted octanol–water partition coefficient (Wildman–Crippen LogP) is 29.3. The molecule has 12 heteroatoms. The van der Waals surface area contributed by atoms with Gasteiger partial charge in [0.1, 0.15) is 23.3 Å². The molecule has 8 heterocycles. The highest BCUT2D eigenvalue weighted by Crippen LogP contribution is 2.46. The van der Waals surface area contributed by atoms with E-state index in [4.69, 9.17) is 19.9 Å². The minimum atomic E-state index is 0.352. The van der Waals surface area contributed by atoms with Gasteiger partial charge in [-0.25, -0.2) is 0 Å². The molecule has 0 atom stereocenters. The zero-order valence-corrected chi connectivity index (χ0v) is 69.9. The predicted molar refractivity (Wildman–Crippen MR) is 532 cm³/mol. The number of hydrogen-bond acceptors (Lipinski definition) is 6. The highest BCUT2D eigenvalue weighted by atomic mass is 15.3. The summed E-state index contributed by atoms with van der Waals surface area (Å²) >= 11 is 0.